The molecule has 102 valence electrons. The van der Waals surface area contributed by atoms with E-state index in [1.807, 2.05) is 0 Å². The molecule has 1 aliphatic rings. The molecular formula is C12H9FN4O2S. The van der Waals surface area contributed by atoms with Crippen LogP contribution >= 0.6 is 11.8 Å². The highest BCUT2D eigenvalue weighted by molar-refractivity contribution is 8.00. The number of aromatic nitrogens is 3. The molecule has 0 saturated carbocycles. The summed E-state index contributed by atoms with van der Waals surface area (Å²) in [6.07, 6.45) is 1.42. The molecule has 0 radical (unpaired) electrons. The first-order valence-electron chi connectivity index (χ1n) is 5.79. The molecule has 1 aromatic heterocycles. The molecule has 0 aliphatic carbocycles. The zero-order valence-corrected chi connectivity index (χ0v) is 10.9. The van der Waals surface area contributed by atoms with E-state index in [1.54, 1.807) is 0 Å². The Hall–Kier alpha value is -2.22. The molecule has 1 aliphatic heterocycles. The molecule has 0 bridgehead atoms. The van der Waals surface area contributed by atoms with Gasteiger partial charge in [-0.1, -0.05) is 11.8 Å². The standard InChI is InChI=1S/C12H9FN4O2S/c13-7-1-3-8(4-2-7)17-10(18)5-9(11(17)19)20-12-14-6-15-16-12/h1-4,6,9H,5H2,(H,14,15,16)/t9-/m0/s1. The van der Waals surface area contributed by atoms with E-state index in [1.165, 1.54) is 30.6 Å². The van der Waals surface area contributed by atoms with Gasteiger partial charge in [-0.25, -0.2) is 14.3 Å². The summed E-state index contributed by atoms with van der Waals surface area (Å²) in [6.45, 7) is 0. The second-order valence-corrected chi connectivity index (χ2v) is 5.34. The van der Waals surface area contributed by atoms with Gasteiger partial charge in [-0.15, -0.1) is 0 Å². The fourth-order valence-electron chi connectivity index (χ4n) is 1.94. The average molecular weight is 292 g/mol. The Bertz CT molecular complexity index is 644. The van der Waals surface area contributed by atoms with E-state index in [2.05, 4.69) is 15.2 Å². The molecule has 3 rings (SSSR count). The molecule has 1 N–H and O–H groups in total. The minimum absolute atomic E-state index is 0.0849. The highest BCUT2D eigenvalue weighted by Gasteiger charge is 2.40. The summed E-state index contributed by atoms with van der Waals surface area (Å²) >= 11 is 1.16. The van der Waals surface area contributed by atoms with E-state index in [-0.39, 0.29) is 18.2 Å². The molecule has 2 aromatic rings. The maximum absolute atomic E-state index is 12.9. The van der Waals surface area contributed by atoms with Crippen LogP contribution in [0, 0.1) is 5.82 Å². The van der Waals surface area contributed by atoms with Gasteiger partial charge in [0.25, 0.3) is 0 Å². The van der Waals surface area contributed by atoms with Crippen molar-refractivity contribution in [3.05, 3.63) is 36.4 Å². The minimum atomic E-state index is -0.541. The van der Waals surface area contributed by atoms with E-state index in [4.69, 9.17) is 0 Å². The van der Waals surface area contributed by atoms with Crippen molar-refractivity contribution in [1.82, 2.24) is 15.2 Å². The highest BCUT2D eigenvalue weighted by Crippen LogP contribution is 2.32. The minimum Gasteiger partial charge on any atom is -0.274 e. The second kappa shape index (κ2) is 5.04. The number of H-pyrrole nitrogens is 1. The van der Waals surface area contributed by atoms with Crippen molar-refractivity contribution in [1.29, 1.82) is 0 Å². The SMILES string of the molecule is O=C1C[C@H](Sc2ncn[nH]2)C(=O)N1c1ccc(F)cc1. The lowest BCUT2D eigenvalue weighted by atomic mass is 10.3. The average Bonchev–Trinajstić information content (AvgIpc) is 3.02. The molecule has 0 spiro atoms. The largest absolute Gasteiger partial charge is 0.274 e. The summed E-state index contributed by atoms with van der Waals surface area (Å²) in [5.74, 6) is -1.05. The quantitative estimate of drug-likeness (QED) is 0.864. The molecule has 0 unspecified atom stereocenters. The lowest BCUT2D eigenvalue weighted by Gasteiger charge is -2.14. The smallest absolute Gasteiger partial charge is 0.247 e. The van der Waals surface area contributed by atoms with Crippen molar-refractivity contribution < 1.29 is 14.0 Å². The summed E-state index contributed by atoms with van der Waals surface area (Å²) in [7, 11) is 0. The zero-order valence-electron chi connectivity index (χ0n) is 10.1. The Morgan fingerprint density at radius 3 is 2.70 bits per heavy atom. The summed E-state index contributed by atoms with van der Waals surface area (Å²) in [6, 6.07) is 5.25. The number of hydrogen-bond donors (Lipinski definition) is 1. The van der Waals surface area contributed by atoms with Crippen LogP contribution in [-0.2, 0) is 9.59 Å². The van der Waals surface area contributed by atoms with Gasteiger partial charge in [-0.2, -0.15) is 5.10 Å². The van der Waals surface area contributed by atoms with Gasteiger partial charge in [0, 0.05) is 6.42 Å². The maximum Gasteiger partial charge on any atom is 0.247 e. The van der Waals surface area contributed by atoms with Crippen molar-refractivity contribution in [2.75, 3.05) is 4.90 Å². The number of thioether (sulfide) groups is 1. The number of carbonyl (C=O) groups is 2. The van der Waals surface area contributed by atoms with Crippen molar-refractivity contribution in [2.24, 2.45) is 0 Å². The fourth-order valence-corrected chi connectivity index (χ4v) is 2.86. The van der Waals surface area contributed by atoms with Crippen LogP contribution in [0.25, 0.3) is 0 Å². The monoisotopic (exact) mass is 292 g/mol. The van der Waals surface area contributed by atoms with E-state index in [0.29, 0.717) is 10.8 Å². The summed E-state index contributed by atoms with van der Waals surface area (Å²) in [4.78, 5) is 29.2. The van der Waals surface area contributed by atoms with Gasteiger partial charge in [-0.05, 0) is 24.3 Å². The normalized spacial score (nSPS) is 18.9. The topological polar surface area (TPSA) is 79.0 Å². The lowest BCUT2D eigenvalue weighted by Crippen LogP contribution is -2.31. The van der Waals surface area contributed by atoms with Crippen LogP contribution in [0.2, 0.25) is 0 Å². The number of nitrogens with zero attached hydrogens (tertiary/aromatic N) is 3. The Morgan fingerprint density at radius 2 is 2.05 bits per heavy atom. The predicted octanol–water partition coefficient (Wildman–Crippen LogP) is 1.37. The Balaban J connectivity index is 1.81. The highest BCUT2D eigenvalue weighted by atomic mass is 32.2. The number of rotatable bonds is 3. The predicted molar refractivity (Wildman–Crippen MR) is 69.5 cm³/mol. The van der Waals surface area contributed by atoms with Crippen LogP contribution in [0.1, 0.15) is 6.42 Å². The van der Waals surface area contributed by atoms with Crippen LogP contribution in [0.15, 0.2) is 35.7 Å². The fraction of sp³-hybridized carbons (Fsp3) is 0.167. The molecular weight excluding hydrogens is 283 g/mol. The summed E-state index contributed by atoms with van der Waals surface area (Å²) in [5.41, 5.74) is 0.377. The van der Waals surface area contributed by atoms with Crippen molar-refractivity contribution in [3.8, 4) is 0 Å². The number of hydrogen-bond acceptors (Lipinski definition) is 5. The number of aromatic amines is 1. The molecule has 8 heteroatoms. The van der Waals surface area contributed by atoms with Gasteiger partial charge in [-0.3, -0.25) is 14.7 Å². The summed E-state index contributed by atoms with van der Waals surface area (Å²) < 4.78 is 12.9. The zero-order chi connectivity index (χ0) is 14.1. The molecule has 1 aromatic carbocycles. The third-order valence-electron chi connectivity index (χ3n) is 2.84. The van der Waals surface area contributed by atoms with E-state index in [0.717, 1.165) is 16.7 Å². The molecule has 6 nitrogen and oxygen atoms in total. The van der Waals surface area contributed by atoms with Crippen LogP contribution in [0.5, 0.6) is 0 Å². The van der Waals surface area contributed by atoms with Crippen LogP contribution in [0.3, 0.4) is 0 Å². The number of halogens is 1. The molecule has 1 atom stereocenters. The first-order valence-corrected chi connectivity index (χ1v) is 6.67. The number of carbonyl (C=O) groups excluding carboxylic acids is 2. The van der Waals surface area contributed by atoms with E-state index >= 15 is 0 Å². The summed E-state index contributed by atoms with van der Waals surface area (Å²) in [5, 5.41) is 6.26. The van der Waals surface area contributed by atoms with E-state index < -0.39 is 11.1 Å². The van der Waals surface area contributed by atoms with Gasteiger partial charge < -0.3 is 0 Å². The van der Waals surface area contributed by atoms with Crippen LogP contribution in [0.4, 0.5) is 10.1 Å². The number of benzene rings is 1. The number of amides is 2. The number of anilines is 1. The van der Waals surface area contributed by atoms with Crippen LogP contribution < -0.4 is 4.90 Å². The van der Waals surface area contributed by atoms with Gasteiger partial charge in [0.05, 0.1) is 5.69 Å². The van der Waals surface area contributed by atoms with Crippen LogP contribution in [-0.4, -0.2) is 32.2 Å². The first-order chi connectivity index (χ1) is 9.65. The van der Waals surface area contributed by atoms with E-state index in [9.17, 15) is 14.0 Å². The maximum atomic E-state index is 12.9. The number of nitrogens with one attached hydrogen (secondary N) is 1. The molecule has 1 saturated heterocycles. The van der Waals surface area contributed by atoms with Gasteiger partial charge in [0.1, 0.15) is 17.4 Å². The third kappa shape index (κ3) is 2.29. The Kier molecular flexibility index (Phi) is 3.23. The third-order valence-corrected chi connectivity index (χ3v) is 3.91. The van der Waals surface area contributed by atoms with Crippen molar-refractivity contribution in [3.63, 3.8) is 0 Å². The molecule has 1 fully saturated rings. The van der Waals surface area contributed by atoms with Gasteiger partial charge in [0.15, 0.2) is 5.16 Å². The molecule has 2 heterocycles. The second-order valence-electron chi connectivity index (χ2n) is 4.15. The Labute approximate surface area is 117 Å². The first kappa shape index (κ1) is 12.8. The van der Waals surface area contributed by atoms with Crippen molar-refractivity contribution >= 4 is 29.3 Å². The van der Waals surface area contributed by atoms with Gasteiger partial charge >= 0.3 is 0 Å². The van der Waals surface area contributed by atoms with Gasteiger partial charge in [0.2, 0.25) is 11.8 Å². The van der Waals surface area contributed by atoms with Crippen molar-refractivity contribution in [2.45, 2.75) is 16.8 Å². The number of imide groups is 1. The molecule has 20 heavy (non-hydrogen) atoms. The lowest BCUT2D eigenvalue weighted by molar-refractivity contribution is -0.121. The Morgan fingerprint density at radius 1 is 1.30 bits per heavy atom. The molecule has 2 amide bonds.